The van der Waals surface area contributed by atoms with E-state index in [4.69, 9.17) is 14.2 Å². The zero-order valence-corrected chi connectivity index (χ0v) is 17.3. The van der Waals surface area contributed by atoms with Gasteiger partial charge in [-0.05, 0) is 39.0 Å². The molecule has 0 atom stereocenters. The fraction of sp³-hybridized carbons (Fsp3) is 0.450. The van der Waals surface area contributed by atoms with Gasteiger partial charge in [-0.3, -0.25) is 9.89 Å². The molecule has 2 heterocycles. The van der Waals surface area contributed by atoms with E-state index in [0.717, 1.165) is 11.3 Å². The van der Waals surface area contributed by atoms with Gasteiger partial charge in [-0.2, -0.15) is 5.10 Å². The fourth-order valence-corrected chi connectivity index (χ4v) is 3.04. The molecule has 9 nitrogen and oxygen atoms in total. The summed E-state index contributed by atoms with van der Waals surface area (Å²) in [6.45, 7) is 6.31. The third-order valence-corrected chi connectivity index (χ3v) is 4.46. The number of amides is 2. The number of aromatic amines is 1. The van der Waals surface area contributed by atoms with Crippen molar-refractivity contribution in [2.24, 2.45) is 0 Å². The van der Waals surface area contributed by atoms with E-state index < -0.39 is 5.60 Å². The lowest BCUT2D eigenvalue weighted by Crippen LogP contribution is -2.40. The fourth-order valence-electron chi connectivity index (χ4n) is 3.04. The van der Waals surface area contributed by atoms with Crippen LogP contribution < -0.4 is 14.8 Å². The highest BCUT2D eigenvalue weighted by atomic mass is 16.6. The summed E-state index contributed by atoms with van der Waals surface area (Å²) in [5.41, 5.74) is 1.50. The molecule has 3 rings (SSSR count). The number of methoxy groups -OCH3 is 2. The Hall–Kier alpha value is -3.23. The smallest absolute Gasteiger partial charge is 0.410 e. The first-order chi connectivity index (χ1) is 13.7. The number of H-pyrrole nitrogens is 1. The van der Waals surface area contributed by atoms with Crippen LogP contribution in [0.5, 0.6) is 11.5 Å². The van der Waals surface area contributed by atoms with Gasteiger partial charge in [0, 0.05) is 29.8 Å². The lowest BCUT2D eigenvalue weighted by Gasteiger charge is -2.30. The normalized spacial score (nSPS) is 13.5. The van der Waals surface area contributed by atoms with Gasteiger partial charge in [0.05, 0.1) is 20.8 Å². The summed E-state index contributed by atoms with van der Waals surface area (Å²) in [5.74, 6) is 1.05. The average Bonchev–Trinajstić information content (AvgIpc) is 3.08. The molecule has 0 saturated carbocycles. The Morgan fingerprint density at radius 2 is 1.90 bits per heavy atom. The van der Waals surface area contributed by atoms with E-state index in [1.165, 1.54) is 14.2 Å². The Balaban J connectivity index is 1.75. The number of hydrogen-bond donors (Lipinski definition) is 2. The second-order valence-corrected chi connectivity index (χ2v) is 7.71. The van der Waals surface area contributed by atoms with Crippen molar-refractivity contribution in [2.75, 3.05) is 26.1 Å². The Bertz CT molecular complexity index is 916. The van der Waals surface area contributed by atoms with Crippen molar-refractivity contribution in [2.45, 2.75) is 39.3 Å². The minimum atomic E-state index is -0.571. The van der Waals surface area contributed by atoms with E-state index >= 15 is 0 Å². The maximum absolute atomic E-state index is 12.7. The number of anilines is 1. The Kier molecular flexibility index (Phi) is 5.67. The minimum absolute atomic E-state index is 0.308. The molecule has 156 valence electrons. The third-order valence-electron chi connectivity index (χ3n) is 4.46. The lowest BCUT2D eigenvalue weighted by molar-refractivity contribution is 0.0224. The molecule has 0 saturated heterocycles. The van der Waals surface area contributed by atoms with E-state index in [1.54, 1.807) is 23.1 Å². The topological polar surface area (TPSA) is 106 Å². The summed E-state index contributed by atoms with van der Waals surface area (Å²) in [7, 11) is 3.04. The minimum Gasteiger partial charge on any atom is -0.493 e. The molecule has 0 spiro atoms. The number of carbonyl (C=O) groups excluding carboxylic acids is 2. The number of carbonyl (C=O) groups is 2. The molecule has 29 heavy (non-hydrogen) atoms. The van der Waals surface area contributed by atoms with Crippen molar-refractivity contribution in [1.82, 2.24) is 15.1 Å². The van der Waals surface area contributed by atoms with E-state index in [0.29, 0.717) is 42.4 Å². The molecule has 1 aliphatic rings. The molecular formula is C20H26N4O5. The van der Waals surface area contributed by atoms with Crippen LogP contribution in [0.25, 0.3) is 0 Å². The maximum atomic E-state index is 12.7. The molecule has 9 heteroatoms. The highest BCUT2D eigenvalue weighted by Gasteiger charge is 2.29. The molecule has 1 aromatic carbocycles. The predicted molar refractivity (Wildman–Crippen MR) is 106 cm³/mol. The average molecular weight is 402 g/mol. The van der Waals surface area contributed by atoms with E-state index in [1.807, 2.05) is 20.8 Å². The van der Waals surface area contributed by atoms with Crippen LogP contribution in [0.3, 0.4) is 0 Å². The molecule has 0 unspecified atom stereocenters. The summed E-state index contributed by atoms with van der Waals surface area (Å²) in [6, 6.07) is 4.90. The van der Waals surface area contributed by atoms with Crippen LogP contribution in [0, 0.1) is 0 Å². The van der Waals surface area contributed by atoms with Gasteiger partial charge in [0.25, 0.3) is 5.91 Å². The predicted octanol–water partition coefficient (Wildman–Crippen LogP) is 2.97. The maximum Gasteiger partial charge on any atom is 0.410 e. The van der Waals surface area contributed by atoms with E-state index in [2.05, 4.69) is 15.5 Å². The van der Waals surface area contributed by atoms with Gasteiger partial charge in [0.15, 0.2) is 17.3 Å². The number of benzene rings is 1. The van der Waals surface area contributed by atoms with Gasteiger partial charge < -0.3 is 24.4 Å². The van der Waals surface area contributed by atoms with Gasteiger partial charge in [0.1, 0.15) is 5.60 Å². The highest BCUT2D eigenvalue weighted by molar-refractivity contribution is 6.04. The van der Waals surface area contributed by atoms with Crippen LogP contribution in [-0.2, 0) is 17.7 Å². The standard InChI is InChI=1S/C20H26N4O5/c1-20(2,3)29-19(26)24-9-8-14-13(11-24)17(23-22-14)21-18(25)12-6-7-15(27-4)16(10-12)28-5/h6-7,10H,8-9,11H2,1-5H3,(H2,21,22,23,25). The van der Waals surface area contributed by atoms with Crippen LogP contribution in [0.1, 0.15) is 42.4 Å². The molecule has 2 aromatic rings. The number of hydrogen-bond acceptors (Lipinski definition) is 6. The zero-order chi connectivity index (χ0) is 21.2. The first kappa shape index (κ1) is 20.5. The number of aromatic nitrogens is 2. The van der Waals surface area contributed by atoms with Crippen molar-refractivity contribution in [3.63, 3.8) is 0 Å². The second kappa shape index (κ2) is 8.02. The summed E-state index contributed by atoms with van der Waals surface area (Å²) in [4.78, 5) is 26.7. The van der Waals surface area contributed by atoms with Crippen LogP contribution in [0.2, 0.25) is 0 Å². The van der Waals surface area contributed by atoms with Crippen LogP contribution in [0.4, 0.5) is 10.6 Å². The van der Waals surface area contributed by atoms with Gasteiger partial charge in [0.2, 0.25) is 0 Å². The van der Waals surface area contributed by atoms with Crippen LogP contribution in [-0.4, -0.2) is 53.5 Å². The van der Waals surface area contributed by atoms with Gasteiger partial charge >= 0.3 is 6.09 Å². The molecular weight excluding hydrogens is 376 g/mol. The molecule has 1 aliphatic heterocycles. The monoisotopic (exact) mass is 402 g/mol. The lowest BCUT2D eigenvalue weighted by atomic mass is 10.1. The quantitative estimate of drug-likeness (QED) is 0.814. The van der Waals surface area contributed by atoms with Crippen molar-refractivity contribution < 1.29 is 23.8 Å². The van der Waals surface area contributed by atoms with Crippen LogP contribution >= 0.6 is 0 Å². The van der Waals surface area contributed by atoms with Gasteiger partial charge in [-0.15, -0.1) is 0 Å². The molecule has 0 bridgehead atoms. The first-order valence-electron chi connectivity index (χ1n) is 9.29. The van der Waals surface area contributed by atoms with Crippen molar-refractivity contribution >= 4 is 17.8 Å². The Morgan fingerprint density at radius 3 is 2.55 bits per heavy atom. The summed E-state index contributed by atoms with van der Waals surface area (Å²) >= 11 is 0. The molecule has 0 aliphatic carbocycles. The molecule has 2 amide bonds. The van der Waals surface area contributed by atoms with Crippen molar-refractivity contribution in [3.8, 4) is 11.5 Å². The summed E-state index contributed by atoms with van der Waals surface area (Å²) in [6.07, 6.45) is 0.217. The third kappa shape index (κ3) is 4.61. The SMILES string of the molecule is COc1ccc(C(=O)Nc2n[nH]c3c2CN(C(=O)OC(C)(C)C)CC3)cc1OC. The van der Waals surface area contributed by atoms with Crippen molar-refractivity contribution in [1.29, 1.82) is 0 Å². The first-order valence-corrected chi connectivity index (χ1v) is 9.29. The van der Waals surface area contributed by atoms with Crippen molar-refractivity contribution in [3.05, 3.63) is 35.0 Å². The van der Waals surface area contributed by atoms with Crippen LogP contribution in [0.15, 0.2) is 18.2 Å². The summed E-state index contributed by atoms with van der Waals surface area (Å²) in [5, 5.41) is 9.97. The molecule has 2 N–H and O–H groups in total. The molecule has 0 fully saturated rings. The number of ether oxygens (including phenoxy) is 3. The number of nitrogens with one attached hydrogen (secondary N) is 2. The van der Waals surface area contributed by atoms with Gasteiger partial charge in [-0.1, -0.05) is 0 Å². The number of rotatable bonds is 4. The molecule has 1 aromatic heterocycles. The Morgan fingerprint density at radius 1 is 1.17 bits per heavy atom. The summed E-state index contributed by atoms with van der Waals surface area (Å²) < 4.78 is 15.9. The van der Waals surface area contributed by atoms with E-state index in [9.17, 15) is 9.59 Å². The van der Waals surface area contributed by atoms with Gasteiger partial charge in [-0.25, -0.2) is 4.79 Å². The second-order valence-electron chi connectivity index (χ2n) is 7.71. The number of nitrogens with zero attached hydrogens (tertiary/aromatic N) is 2. The van der Waals surface area contributed by atoms with E-state index in [-0.39, 0.29) is 12.0 Å². The highest BCUT2D eigenvalue weighted by Crippen LogP contribution is 2.29. The molecule has 0 radical (unpaired) electrons. The largest absolute Gasteiger partial charge is 0.493 e. The number of fused-ring (bicyclic) bond motifs is 1. The Labute approximate surface area is 169 Å². The zero-order valence-electron chi connectivity index (χ0n) is 17.3.